The number of hydrogen-bond donors (Lipinski definition) is 1. The molecule has 34 heavy (non-hydrogen) atoms. The normalized spacial score (nSPS) is 17.4. The Morgan fingerprint density at radius 2 is 1.71 bits per heavy atom. The summed E-state index contributed by atoms with van der Waals surface area (Å²) in [6, 6.07) is 18.6. The molecule has 1 aliphatic heterocycles. The maximum absolute atomic E-state index is 13.7. The maximum Gasteiger partial charge on any atom is 0.300 e. The molecule has 6 heteroatoms. The van der Waals surface area contributed by atoms with Crippen LogP contribution in [-0.2, 0) is 9.59 Å². The van der Waals surface area contributed by atoms with Gasteiger partial charge in [-0.3, -0.25) is 14.5 Å². The molecule has 1 amide bonds. The van der Waals surface area contributed by atoms with Crippen molar-refractivity contribution in [1.29, 1.82) is 0 Å². The summed E-state index contributed by atoms with van der Waals surface area (Å²) >= 11 is 0. The summed E-state index contributed by atoms with van der Waals surface area (Å²) < 4.78 is 19.3. The average Bonchev–Trinajstić information content (AvgIpc) is 3.08. The van der Waals surface area contributed by atoms with E-state index in [9.17, 15) is 19.1 Å². The third-order valence-corrected chi connectivity index (χ3v) is 5.62. The summed E-state index contributed by atoms with van der Waals surface area (Å²) in [5.41, 5.74) is 2.28. The van der Waals surface area contributed by atoms with Gasteiger partial charge in [0.2, 0.25) is 0 Å². The van der Waals surface area contributed by atoms with Crippen LogP contribution in [-0.4, -0.2) is 23.4 Å². The quantitative estimate of drug-likeness (QED) is 0.288. The lowest BCUT2D eigenvalue weighted by atomic mass is 9.95. The Hall–Kier alpha value is -3.93. The molecule has 4 rings (SSSR count). The molecule has 0 spiro atoms. The number of nitrogens with zero attached hydrogens (tertiary/aromatic N) is 1. The van der Waals surface area contributed by atoms with E-state index in [0.29, 0.717) is 35.1 Å². The number of aryl methyl sites for hydroxylation is 1. The molecule has 174 valence electrons. The second-order valence-electron chi connectivity index (χ2n) is 8.79. The van der Waals surface area contributed by atoms with Crippen molar-refractivity contribution in [3.05, 3.63) is 101 Å². The van der Waals surface area contributed by atoms with Crippen LogP contribution in [0.4, 0.5) is 10.1 Å². The second-order valence-corrected chi connectivity index (χ2v) is 8.79. The van der Waals surface area contributed by atoms with Gasteiger partial charge in [-0.1, -0.05) is 38.1 Å². The molecule has 0 bridgehead atoms. The largest absolute Gasteiger partial charge is 0.507 e. The molecule has 0 radical (unpaired) electrons. The van der Waals surface area contributed by atoms with E-state index < -0.39 is 23.5 Å². The van der Waals surface area contributed by atoms with E-state index in [1.54, 1.807) is 42.5 Å². The minimum Gasteiger partial charge on any atom is -0.507 e. The third kappa shape index (κ3) is 4.57. The Morgan fingerprint density at radius 1 is 1.03 bits per heavy atom. The van der Waals surface area contributed by atoms with Crippen molar-refractivity contribution >= 4 is 23.1 Å². The van der Waals surface area contributed by atoms with Gasteiger partial charge in [-0.25, -0.2) is 4.39 Å². The first-order valence-corrected chi connectivity index (χ1v) is 11.1. The second kappa shape index (κ2) is 9.51. The molecule has 1 aliphatic rings. The summed E-state index contributed by atoms with van der Waals surface area (Å²) in [5.74, 6) is -1.28. The lowest BCUT2D eigenvalue weighted by molar-refractivity contribution is -0.132. The van der Waals surface area contributed by atoms with Crippen molar-refractivity contribution in [1.82, 2.24) is 0 Å². The van der Waals surface area contributed by atoms with Gasteiger partial charge in [0.1, 0.15) is 17.3 Å². The number of aliphatic hydroxyl groups is 1. The zero-order valence-electron chi connectivity index (χ0n) is 19.3. The molecule has 1 N–H and O–H groups in total. The summed E-state index contributed by atoms with van der Waals surface area (Å²) in [5, 5.41) is 11.2. The Balaban J connectivity index is 1.82. The van der Waals surface area contributed by atoms with E-state index in [1.165, 1.54) is 29.2 Å². The molecule has 1 fully saturated rings. The lowest BCUT2D eigenvalue weighted by Crippen LogP contribution is -2.29. The number of hydrogen-bond acceptors (Lipinski definition) is 4. The standard InChI is InChI=1S/C28H26FNO4/c1-17(2)16-34-23-13-9-20(10-14-23)26(31)24-25(19-7-11-21(29)12-8-19)30(28(33)27(24)32)22-6-4-5-18(3)15-22/h4-15,17,25,31H,16H2,1-3H3/b26-24+. The highest BCUT2D eigenvalue weighted by Gasteiger charge is 2.47. The molecule has 5 nitrogen and oxygen atoms in total. The van der Waals surface area contributed by atoms with Gasteiger partial charge < -0.3 is 9.84 Å². The fourth-order valence-electron chi connectivity index (χ4n) is 3.96. The topological polar surface area (TPSA) is 66.8 Å². The van der Waals surface area contributed by atoms with Crippen molar-refractivity contribution < 1.29 is 23.8 Å². The summed E-state index contributed by atoms with van der Waals surface area (Å²) in [4.78, 5) is 27.7. The summed E-state index contributed by atoms with van der Waals surface area (Å²) in [6.07, 6.45) is 0. The van der Waals surface area contributed by atoms with Gasteiger partial charge in [0, 0.05) is 11.3 Å². The number of carbonyl (C=O) groups excluding carboxylic acids is 2. The van der Waals surface area contributed by atoms with Crippen LogP contribution >= 0.6 is 0 Å². The van der Waals surface area contributed by atoms with Crippen molar-refractivity contribution in [3.8, 4) is 5.75 Å². The SMILES string of the molecule is Cc1cccc(N2C(=O)C(=O)/C(=C(/O)c3ccc(OCC(C)C)cc3)C2c2ccc(F)cc2)c1. The number of ketones is 1. The van der Waals surface area contributed by atoms with E-state index >= 15 is 0 Å². The average molecular weight is 460 g/mol. The van der Waals surface area contributed by atoms with Crippen LogP contribution < -0.4 is 9.64 Å². The molecule has 1 heterocycles. The van der Waals surface area contributed by atoms with Crippen LogP contribution in [0.3, 0.4) is 0 Å². The fraction of sp³-hybridized carbons (Fsp3) is 0.214. The predicted molar refractivity (Wildman–Crippen MR) is 129 cm³/mol. The molecule has 1 saturated heterocycles. The van der Waals surface area contributed by atoms with Crippen molar-refractivity contribution in [2.75, 3.05) is 11.5 Å². The minimum atomic E-state index is -0.903. The Bertz CT molecular complexity index is 1250. The molecule has 0 saturated carbocycles. The molecule has 1 unspecified atom stereocenters. The Kier molecular flexibility index (Phi) is 6.50. The zero-order valence-corrected chi connectivity index (χ0v) is 19.3. The number of amides is 1. The summed E-state index contributed by atoms with van der Waals surface area (Å²) in [7, 11) is 0. The Labute approximate surface area is 198 Å². The highest BCUT2D eigenvalue weighted by atomic mass is 19.1. The van der Waals surface area contributed by atoms with Crippen molar-refractivity contribution in [2.45, 2.75) is 26.8 Å². The number of aliphatic hydroxyl groups excluding tert-OH is 1. The zero-order chi connectivity index (χ0) is 24.4. The first kappa shape index (κ1) is 23.2. The molecule has 0 aromatic heterocycles. The minimum absolute atomic E-state index is 0.0473. The van der Waals surface area contributed by atoms with Crippen LogP contribution in [0.15, 0.2) is 78.4 Å². The van der Waals surface area contributed by atoms with Gasteiger partial charge >= 0.3 is 0 Å². The lowest BCUT2D eigenvalue weighted by Gasteiger charge is -2.25. The highest BCUT2D eigenvalue weighted by molar-refractivity contribution is 6.51. The highest BCUT2D eigenvalue weighted by Crippen LogP contribution is 2.42. The number of Topliss-reactive ketones (excluding diaryl/α,β-unsaturated/α-hetero) is 1. The smallest absolute Gasteiger partial charge is 0.300 e. The number of anilines is 1. The molecular formula is C28H26FNO4. The van der Waals surface area contributed by atoms with E-state index in [-0.39, 0.29) is 11.3 Å². The number of carbonyl (C=O) groups is 2. The molecule has 3 aromatic carbocycles. The van der Waals surface area contributed by atoms with Gasteiger partial charge in [-0.2, -0.15) is 0 Å². The number of ether oxygens (including phenoxy) is 1. The molecule has 1 atom stereocenters. The van der Waals surface area contributed by atoms with E-state index in [2.05, 4.69) is 0 Å². The van der Waals surface area contributed by atoms with Crippen molar-refractivity contribution in [3.63, 3.8) is 0 Å². The van der Waals surface area contributed by atoms with E-state index in [4.69, 9.17) is 4.74 Å². The molecule has 3 aromatic rings. The monoisotopic (exact) mass is 459 g/mol. The molecule has 0 aliphatic carbocycles. The third-order valence-electron chi connectivity index (χ3n) is 5.62. The van der Waals surface area contributed by atoms with Crippen LogP contribution in [0.25, 0.3) is 5.76 Å². The van der Waals surface area contributed by atoms with E-state index in [0.717, 1.165) is 5.56 Å². The predicted octanol–water partition coefficient (Wildman–Crippen LogP) is 5.80. The Morgan fingerprint density at radius 3 is 2.32 bits per heavy atom. The van der Waals surface area contributed by atoms with Gasteiger partial charge in [0.25, 0.3) is 11.7 Å². The molecular weight excluding hydrogens is 433 g/mol. The summed E-state index contributed by atoms with van der Waals surface area (Å²) in [6.45, 7) is 6.53. The number of halogens is 1. The van der Waals surface area contributed by atoms with Crippen LogP contribution in [0, 0.1) is 18.7 Å². The van der Waals surface area contributed by atoms with Crippen LogP contribution in [0.2, 0.25) is 0 Å². The number of benzene rings is 3. The van der Waals surface area contributed by atoms with Crippen LogP contribution in [0.5, 0.6) is 5.75 Å². The first-order chi connectivity index (χ1) is 16.3. The van der Waals surface area contributed by atoms with Crippen LogP contribution in [0.1, 0.15) is 36.6 Å². The van der Waals surface area contributed by atoms with Gasteiger partial charge in [-0.05, 0) is 72.5 Å². The maximum atomic E-state index is 13.7. The number of rotatable bonds is 6. The van der Waals surface area contributed by atoms with Gasteiger partial charge in [0.15, 0.2) is 0 Å². The first-order valence-electron chi connectivity index (χ1n) is 11.1. The fourth-order valence-corrected chi connectivity index (χ4v) is 3.96. The van der Waals surface area contributed by atoms with E-state index in [1.807, 2.05) is 26.8 Å². The van der Waals surface area contributed by atoms with Gasteiger partial charge in [0.05, 0.1) is 18.2 Å². The van der Waals surface area contributed by atoms with Gasteiger partial charge in [-0.15, -0.1) is 0 Å². The van der Waals surface area contributed by atoms with Crippen molar-refractivity contribution in [2.24, 2.45) is 5.92 Å².